The van der Waals surface area contributed by atoms with E-state index in [1.807, 2.05) is 0 Å². The third-order valence-corrected chi connectivity index (χ3v) is 3.79. The summed E-state index contributed by atoms with van der Waals surface area (Å²) in [5.41, 5.74) is 1.29. The van der Waals surface area contributed by atoms with Gasteiger partial charge in [-0.3, -0.25) is 4.99 Å². The third-order valence-electron chi connectivity index (χ3n) is 3.79. The van der Waals surface area contributed by atoms with E-state index in [2.05, 4.69) is 11.9 Å². The van der Waals surface area contributed by atoms with Gasteiger partial charge < -0.3 is 0 Å². The van der Waals surface area contributed by atoms with Crippen molar-refractivity contribution in [3.05, 3.63) is 0 Å². The second kappa shape index (κ2) is 4.18. The molecule has 1 nitrogen and oxygen atoms in total. The summed E-state index contributed by atoms with van der Waals surface area (Å²) < 4.78 is 25.9. The summed E-state index contributed by atoms with van der Waals surface area (Å²) in [7, 11) is 0. The first-order chi connectivity index (χ1) is 7.11. The first-order valence-corrected chi connectivity index (χ1v) is 6.04. The Morgan fingerprint density at radius 3 is 2.47 bits per heavy atom. The Bertz CT molecular complexity index is 250. The van der Waals surface area contributed by atoms with Crippen molar-refractivity contribution >= 4 is 5.71 Å². The second-order valence-electron chi connectivity index (χ2n) is 4.85. The van der Waals surface area contributed by atoms with Gasteiger partial charge in [-0.05, 0) is 38.0 Å². The number of nitrogens with zero attached hydrogens (tertiary/aromatic N) is 1. The predicted molar refractivity (Wildman–Crippen MR) is 57.7 cm³/mol. The highest BCUT2D eigenvalue weighted by atomic mass is 19.3. The Morgan fingerprint density at radius 1 is 1.27 bits per heavy atom. The number of halogens is 2. The van der Waals surface area contributed by atoms with Gasteiger partial charge in [0, 0.05) is 18.6 Å². The molecule has 0 spiro atoms. The molecule has 0 saturated heterocycles. The standard InChI is InChI=1S/C12H19F2N/c1-2-10-3-4-11(15-10)9-5-7-12(13,14)8-6-9/h9,11H,2-8H2,1H3. The Kier molecular flexibility index (Phi) is 3.08. The molecule has 86 valence electrons. The molecule has 3 heteroatoms. The molecule has 2 aliphatic rings. The van der Waals surface area contributed by atoms with Crippen molar-refractivity contribution in [1.82, 2.24) is 0 Å². The van der Waals surface area contributed by atoms with Crippen LogP contribution in [0.5, 0.6) is 0 Å². The van der Waals surface area contributed by atoms with Crippen LogP contribution in [-0.2, 0) is 0 Å². The molecule has 0 aromatic rings. The molecule has 1 aliphatic heterocycles. The largest absolute Gasteiger partial charge is 0.291 e. The van der Waals surface area contributed by atoms with Gasteiger partial charge in [0.05, 0.1) is 6.04 Å². The van der Waals surface area contributed by atoms with Crippen molar-refractivity contribution in [1.29, 1.82) is 0 Å². The first kappa shape index (κ1) is 11.0. The van der Waals surface area contributed by atoms with Crippen LogP contribution < -0.4 is 0 Å². The van der Waals surface area contributed by atoms with Gasteiger partial charge >= 0.3 is 0 Å². The van der Waals surface area contributed by atoms with Crippen molar-refractivity contribution in [3.63, 3.8) is 0 Å². The smallest absolute Gasteiger partial charge is 0.248 e. The van der Waals surface area contributed by atoms with Crippen LogP contribution in [0.1, 0.15) is 51.9 Å². The SMILES string of the molecule is CCC1=NC(C2CCC(F)(F)CC2)CC1. The maximum Gasteiger partial charge on any atom is 0.248 e. The first-order valence-electron chi connectivity index (χ1n) is 6.04. The molecule has 1 saturated carbocycles. The molecule has 2 rings (SSSR count). The summed E-state index contributed by atoms with van der Waals surface area (Å²) in [6.45, 7) is 2.12. The summed E-state index contributed by atoms with van der Waals surface area (Å²) >= 11 is 0. The van der Waals surface area contributed by atoms with Crippen molar-refractivity contribution in [2.24, 2.45) is 10.9 Å². The molecule has 1 fully saturated rings. The molecule has 1 atom stereocenters. The minimum Gasteiger partial charge on any atom is -0.291 e. The zero-order valence-electron chi connectivity index (χ0n) is 9.31. The normalized spacial score (nSPS) is 31.7. The number of hydrogen-bond acceptors (Lipinski definition) is 1. The Morgan fingerprint density at radius 2 is 1.93 bits per heavy atom. The monoisotopic (exact) mass is 215 g/mol. The minimum atomic E-state index is -2.40. The minimum absolute atomic E-state index is 0.0745. The zero-order chi connectivity index (χ0) is 10.9. The molecule has 0 N–H and O–H groups in total. The van der Waals surface area contributed by atoms with Gasteiger partial charge in [0.15, 0.2) is 0 Å². The molecular formula is C12H19F2N. The van der Waals surface area contributed by atoms with E-state index in [1.165, 1.54) is 5.71 Å². The van der Waals surface area contributed by atoms with Crippen LogP contribution in [0.25, 0.3) is 0 Å². The maximum absolute atomic E-state index is 13.0. The highest BCUT2D eigenvalue weighted by molar-refractivity contribution is 5.85. The van der Waals surface area contributed by atoms with E-state index >= 15 is 0 Å². The third kappa shape index (κ3) is 2.56. The topological polar surface area (TPSA) is 12.4 Å². The van der Waals surface area contributed by atoms with Crippen molar-refractivity contribution in [2.75, 3.05) is 0 Å². The van der Waals surface area contributed by atoms with Crippen LogP contribution in [0.15, 0.2) is 4.99 Å². The van der Waals surface area contributed by atoms with Crippen LogP contribution >= 0.6 is 0 Å². The number of hydrogen-bond donors (Lipinski definition) is 0. The lowest BCUT2D eigenvalue weighted by Crippen LogP contribution is -2.29. The average Bonchev–Trinajstić information content (AvgIpc) is 2.66. The van der Waals surface area contributed by atoms with Crippen molar-refractivity contribution in [2.45, 2.75) is 63.8 Å². The summed E-state index contributed by atoms with van der Waals surface area (Å²) in [6, 6.07) is 0.357. The average molecular weight is 215 g/mol. The fourth-order valence-corrected chi connectivity index (χ4v) is 2.73. The molecule has 0 aromatic heterocycles. The molecule has 1 heterocycles. The molecular weight excluding hydrogens is 196 g/mol. The van der Waals surface area contributed by atoms with E-state index in [0.29, 0.717) is 24.8 Å². The van der Waals surface area contributed by atoms with E-state index in [0.717, 1.165) is 19.3 Å². The van der Waals surface area contributed by atoms with Gasteiger partial charge in [0.25, 0.3) is 0 Å². The highest BCUT2D eigenvalue weighted by Crippen LogP contribution is 2.40. The lowest BCUT2D eigenvalue weighted by atomic mass is 9.81. The van der Waals surface area contributed by atoms with Gasteiger partial charge in [-0.1, -0.05) is 6.92 Å². The zero-order valence-corrected chi connectivity index (χ0v) is 9.31. The summed E-state index contributed by atoms with van der Waals surface area (Å²) in [4.78, 5) is 4.65. The molecule has 1 unspecified atom stereocenters. The van der Waals surface area contributed by atoms with Crippen LogP contribution in [0.2, 0.25) is 0 Å². The van der Waals surface area contributed by atoms with E-state index in [4.69, 9.17) is 0 Å². The Labute approximate surface area is 90.0 Å². The van der Waals surface area contributed by atoms with Gasteiger partial charge in [-0.2, -0.15) is 0 Å². The van der Waals surface area contributed by atoms with Gasteiger partial charge in [0.2, 0.25) is 5.92 Å². The van der Waals surface area contributed by atoms with Crippen LogP contribution in [0.4, 0.5) is 8.78 Å². The lowest BCUT2D eigenvalue weighted by molar-refractivity contribution is -0.0480. The fraction of sp³-hybridized carbons (Fsp3) is 0.917. The van der Waals surface area contributed by atoms with Crippen molar-refractivity contribution < 1.29 is 8.78 Å². The van der Waals surface area contributed by atoms with E-state index in [-0.39, 0.29) is 12.8 Å². The Balaban J connectivity index is 1.89. The molecule has 0 aromatic carbocycles. The fourth-order valence-electron chi connectivity index (χ4n) is 2.73. The van der Waals surface area contributed by atoms with Crippen LogP contribution in [0.3, 0.4) is 0 Å². The number of alkyl halides is 2. The quantitative estimate of drug-likeness (QED) is 0.664. The van der Waals surface area contributed by atoms with E-state index in [1.54, 1.807) is 0 Å². The molecule has 15 heavy (non-hydrogen) atoms. The molecule has 1 aliphatic carbocycles. The molecule has 0 amide bonds. The predicted octanol–water partition coefficient (Wildman–Crippen LogP) is 3.83. The Hall–Kier alpha value is -0.470. The van der Waals surface area contributed by atoms with Crippen LogP contribution in [0, 0.1) is 5.92 Å². The lowest BCUT2D eigenvalue weighted by Gasteiger charge is -2.30. The van der Waals surface area contributed by atoms with Crippen LogP contribution in [-0.4, -0.2) is 17.7 Å². The summed E-state index contributed by atoms with van der Waals surface area (Å²) in [5.74, 6) is -1.97. The number of rotatable bonds is 2. The van der Waals surface area contributed by atoms with E-state index in [9.17, 15) is 8.78 Å². The summed E-state index contributed by atoms with van der Waals surface area (Å²) in [6.07, 6.45) is 4.69. The highest BCUT2D eigenvalue weighted by Gasteiger charge is 2.38. The van der Waals surface area contributed by atoms with Crippen molar-refractivity contribution in [3.8, 4) is 0 Å². The van der Waals surface area contributed by atoms with Gasteiger partial charge in [-0.25, -0.2) is 8.78 Å². The molecule has 0 bridgehead atoms. The van der Waals surface area contributed by atoms with Gasteiger partial charge in [0.1, 0.15) is 0 Å². The number of aliphatic imine (C=N–C) groups is 1. The summed E-state index contributed by atoms with van der Waals surface area (Å²) in [5, 5.41) is 0. The molecule has 0 radical (unpaired) electrons. The second-order valence-corrected chi connectivity index (χ2v) is 4.85. The van der Waals surface area contributed by atoms with Gasteiger partial charge in [-0.15, -0.1) is 0 Å². The maximum atomic E-state index is 13.0. The van der Waals surface area contributed by atoms with E-state index < -0.39 is 5.92 Å².